The lowest BCUT2D eigenvalue weighted by Gasteiger charge is -2.07. The number of carbonyl (C=O) groups is 1. The molecule has 2 rings (SSSR count). The van der Waals surface area contributed by atoms with E-state index in [-0.39, 0.29) is 11.6 Å². The predicted molar refractivity (Wildman–Crippen MR) is 79.9 cm³/mol. The number of carbonyl (C=O) groups excluding carboxylic acids is 1. The summed E-state index contributed by atoms with van der Waals surface area (Å²) in [6.45, 7) is 4.12. The highest BCUT2D eigenvalue weighted by Crippen LogP contribution is 2.26. The molecule has 0 aliphatic carbocycles. The van der Waals surface area contributed by atoms with Crippen molar-refractivity contribution in [1.82, 2.24) is 10.2 Å². The smallest absolute Gasteiger partial charge is 0.292 e. The fourth-order valence-electron chi connectivity index (χ4n) is 1.68. The van der Waals surface area contributed by atoms with Crippen LogP contribution in [-0.4, -0.2) is 27.6 Å². The number of benzene rings is 1. The normalized spacial score (nSPS) is 10.2. The minimum atomic E-state index is -0.492. The molecule has 0 saturated heterocycles. The summed E-state index contributed by atoms with van der Waals surface area (Å²) in [5, 5.41) is 25.1. The Bertz CT molecular complexity index is 685. The van der Waals surface area contributed by atoms with Crippen LogP contribution in [0.2, 0.25) is 0 Å². The van der Waals surface area contributed by atoms with Crippen molar-refractivity contribution in [3.63, 3.8) is 0 Å². The first-order valence-corrected chi connectivity index (χ1v) is 6.96. The molecule has 1 amide bonds. The number of nitro groups is 1. The quantitative estimate of drug-likeness (QED) is 0.648. The van der Waals surface area contributed by atoms with E-state index in [9.17, 15) is 14.9 Å². The number of nitrogens with one attached hydrogen (secondary N) is 2. The number of aryl methyl sites for hydroxylation is 1. The lowest BCUT2D eigenvalue weighted by Crippen LogP contribution is -2.12. The van der Waals surface area contributed by atoms with Crippen LogP contribution in [-0.2, 0) is 0 Å². The number of nitrogens with zero attached hydrogens (tertiary/aromatic N) is 3. The van der Waals surface area contributed by atoms with Gasteiger partial charge in [-0.3, -0.25) is 20.2 Å². The van der Waals surface area contributed by atoms with Crippen molar-refractivity contribution in [1.29, 1.82) is 0 Å². The maximum atomic E-state index is 12.1. The third-order valence-corrected chi connectivity index (χ3v) is 3.32. The summed E-state index contributed by atoms with van der Waals surface area (Å²) in [4.78, 5) is 22.5. The monoisotopic (exact) mass is 307 g/mol. The zero-order valence-electron chi connectivity index (χ0n) is 11.4. The maximum absolute atomic E-state index is 12.1. The Labute approximate surface area is 124 Å². The van der Waals surface area contributed by atoms with E-state index < -0.39 is 4.92 Å². The number of hydrogen-bond acceptors (Lipinski definition) is 7. The summed E-state index contributed by atoms with van der Waals surface area (Å²) in [7, 11) is 0. The first kappa shape index (κ1) is 14.9. The molecule has 9 heteroatoms. The number of rotatable bonds is 5. The first-order valence-electron chi connectivity index (χ1n) is 6.15. The van der Waals surface area contributed by atoms with Gasteiger partial charge >= 0.3 is 0 Å². The van der Waals surface area contributed by atoms with E-state index in [1.54, 1.807) is 6.92 Å². The van der Waals surface area contributed by atoms with Crippen LogP contribution in [0.4, 0.5) is 16.5 Å². The van der Waals surface area contributed by atoms with Crippen LogP contribution in [0.25, 0.3) is 0 Å². The van der Waals surface area contributed by atoms with E-state index in [4.69, 9.17) is 0 Å². The zero-order valence-corrected chi connectivity index (χ0v) is 12.2. The number of amides is 1. The van der Waals surface area contributed by atoms with Gasteiger partial charge in [-0.05, 0) is 26.0 Å². The van der Waals surface area contributed by atoms with Crippen molar-refractivity contribution in [3.05, 3.63) is 38.9 Å². The average molecular weight is 307 g/mol. The molecule has 0 atom stereocenters. The Hall–Kier alpha value is -2.55. The van der Waals surface area contributed by atoms with Gasteiger partial charge in [-0.25, -0.2) is 0 Å². The van der Waals surface area contributed by atoms with E-state index in [2.05, 4.69) is 20.8 Å². The average Bonchev–Trinajstić information content (AvgIpc) is 2.84. The molecule has 0 aliphatic rings. The minimum absolute atomic E-state index is 0.0693. The van der Waals surface area contributed by atoms with Gasteiger partial charge in [0.15, 0.2) is 0 Å². The van der Waals surface area contributed by atoms with Crippen LogP contribution < -0.4 is 10.6 Å². The van der Waals surface area contributed by atoms with E-state index in [1.807, 2.05) is 6.92 Å². The van der Waals surface area contributed by atoms with Gasteiger partial charge in [0.25, 0.3) is 11.6 Å². The molecule has 0 unspecified atom stereocenters. The van der Waals surface area contributed by atoms with Gasteiger partial charge in [-0.1, -0.05) is 11.3 Å². The lowest BCUT2D eigenvalue weighted by atomic mass is 10.1. The molecule has 0 spiro atoms. The summed E-state index contributed by atoms with van der Waals surface area (Å²) >= 11 is 1.26. The molecular formula is C12H13N5O3S. The topological polar surface area (TPSA) is 110 Å². The molecule has 0 aliphatic heterocycles. The Balaban J connectivity index is 2.24. The Kier molecular flexibility index (Phi) is 4.43. The highest BCUT2D eigenvalue weighted by Gasteiger charge is 2.17. The second-order valence-electron chi connectivity index (χ2n) is 4.10. The minimum Gasteiger partial charge on any atom is -0.380 e. The van der Waals surface area contributed by atoms with Crippen LogP contribution in [0.15, 0.2) is 18.2 Å². The van der Waals surface area contributed by atoms with Crippen LogP contribution in [0, 0.1) is 17.0 Å². The summed E-state index contributed by atoms with van der Waals surface area (Å²) < 4.78 is 0. The van der Waals surface area contributed by atoms with Crippen molar-refractivity contribution < 1.29 is 9.72 Å². The summed E-state index contributed by atoms with van der Waals surface area (Å²) in [6.07, 6.45) is 0. The molecule has 0 fully saturated rings. The molecule has 2 N–H and O–H groups in total. The van der Waals surface area contributed by atoms with Gasteiger partial charge in [0, 0.05) is 18.2 Å². The van der Waals surface area contributed by atoms with Crippen molar-refractivity contribution in [3.8, 4) is 0 Å². The Morgan fingerprint density at radius 1 is 1.43 bits per heavy atom. The van der Waals surface area contributed by atoms with E-state index in [0.717, 1.165) is 5.01 Å². The van der Waals surface area contributed by atoms with Gasteiger partial charge in [0.1, 0.15) is 10.7 Å². The summed E-state index contributed by atoms with van der Waals surface area (Å²) in [6, 6.07) is 4.16. The van der Waals surface area contributed by atoms with Crippen LogP contribution >= 0.6 is 11.3 Å². The second-order valence-corrected chi connectivity index (χ2v) is 5.28. The first-order chi connectivity index (χ1) is 10.0. The molecule has 110 valence electrons. The Morgan fingerprint density at radius 3 is 2.76 bits per heavy atom. The van der Waals surface area contributed by atoms with E-state index in [0.29, 0.717) is 22.9 Å². The fourth-order valence-corrected chi connectivity index (χ4v) is 2.27. The van der Waals surface area contributed by atoms with Crippen molar-refractivity contribution in [2.24, 2.45) is 0 Å². The molecule has 0 radical (unpaired) electrons. The van der Waals surface area contributed by atoms with Crippen LogP contribution in [0.1, 0.15) is 22.3 Å². The van der Waals surface area contributed by atoms with Gasteiger partial charge in [-0.2, -0.15) is 0 Å². The summed E-state index contributed by atoms with van der Waals surface area (Å²) in [5.74, 6) is -0.389. The molecule has 1 aromatic carbocycles. The fraction of sp³-hybridized carbons (Fsp3) is 0.250. The van der Waals surface area contributed by atoms with Gasteiger partial charge < -0.3 is 5.32 Å². The molecule has 1 heterocycles. The molecular weight excluding hydrogens is 294 g/mol. The van der Waals surface area contributed by atoms with Gasteiger partial charge in [-0.15, -0.1) is 10.2 Å². The summed E-state index contributed by atoms with van der Waals surface area (Å²) in [5.41, 5.74) is 0.549. The van der Waals surface area contributed by atoms with Gasteiger partial charge in [0.2, 0.25) is 5.13 Å². The van der Waals surface area contributed by atoms with Crippen molar-refractivity contribution >= 4 is 33.8 Å². The number of nitro benzene ring substituents is 1. The lowest BCUT2D eigenvalue weighted by molar-refractivity contribution is -0.384. The SMILES string of the molecule is CCNc1cc(C(=O)Nc2nnc(C)s2)ccc1[N+](=O)[O-]. The largest absolute Gasteiger partial charge is 0.380 e. The molecule has 0 bridgehead atoms. The third kappa shape index (κ3) is 3.51. The standard InChI is InChI=1S/C12H13N5O3S/c1-3-13-9-6-8(4-5-10(9)17(19)20)11(18)14-12-16-15-7(2)21-12/h4-6,13H,3H2,1-2H3,(H,14,16,18). The van der Waals surface area contributed by atoms with Crippen LogP contribution in [0.5, 0.6) is 0 Å². The molecule has 2 aromatic rings. The molecule has 21 heavy (non-hydrogen) atoms. The maximum Gasteiger partial charge on any atom is 0.292 e. The van der Waals surface area contributed by atoms with E-state index >= 15 is 0 Å². The second kappa shape index (κ2) is 6.27. The predicted octanol–water partition coefficient (Wildman–Crippen LogP) is 2.44. The highest BCUT2D eigenvalue weighted by atomic mass is 32.1. The van der Waals surface area contributed by atoms with E-state index in [1.165, 1.54) is 29.5 Å². The number of anilines is 2. The molecule has 1 aromatic heterocycles. The number of hydrogen-bond donors (Lipinski definition) is 2. The van der Waals surface area contributed by atoms with Crippen LogP contribution in [0.3, 0.4) is 0 Å². The van der Waals surface area contributed by atoms with Crippen molar-refractivity contribution in [2.75, 3.05) is 17.2 Å². The van der Waals surface area contributed by atoms with Gasteiger partial charge in [0.05, 0.1) is 4.92 Å². The highest BCUT2D eigenvalue weighted by molar-refractivity contribution is 7.15. The molecule has 0 saturated carbocycles. The zero-order chi connectivity index (χ0) is 15.4. The van der Waals surface area contributed by atoms with Crippen molar-refractivity contribution in [2.45, 2.75) is 13.8 Å². The Morgan fingerprint density at radius 2 is 2.19 bits per heavy atom. The number of aromatic nitrogens is 2. The third-order valence-electron chi connectivity index (χ3n) is 2.57. The molecule has 8 nitrogen and oxygen atoms in total.